The van der Waals surface area contributed by atoms with Crippen molar-refractivity contribution in [1.82, 2.24) is 5.06 Å². The second kappa shape index (κ2) is 10.8. The number of nitrogens with zero attached hydrogens (tertiary/aromatic N) is 1. The summed E-state index contributed by atoms with van der Waals surface area (Å²) < 4.78 is 0. The molecule has 1 amide bonds. The fourth-order valence-electron chi connectivity index (χ4n) is 3.07. The van der Waals surface area contributed by atoms with E-state index >= 15 is 0 Å². The Hall–Kier alpha value is -0.830. The van der Waals surface area contributed by atoms with Crippen molar-refractivity contribution in [1.29, 1.82) is 0 Å². The molecule has 1 aliphatic rings. The molecule has 0 spiro atoms. The van der Waals surface area contributed by atoms with Crippen LogP contribution in [0.25, 0.3) is 0 Å². The van der Waals surface area contributed by atoms with Crippen molar-refractivity contribution in [3.63, 3.8) is 0 Å². The Balaban J connectivity index is 2.76. The number of carbonyl (C=O) groups is 1. The molecule has 0 saturated heterocycles. The molecule has 3 nitrogen and oxygen atoms in total. The molecule has 0 bridgehead atoms. The van der Waals surface area contributed by atoms with Gasteiger partial charge in [0.05, 0.1) is 13.2 Å². The number of hydroxylamine groups is 2. The lowest BCUT2D eigenvalue weighted by atomic mass is 9.98. The summed E-state index contributed by atoms with van der Waals surface area (Å²) in [6.45, 7) is 4.41. The van der Waals surface area contributed by atoms with E-state index in [0.717, 1.165) is 25.7 Å². The van der Waals surface area contributed by atoms with Crippen molar-refractivity contribution in [2.24, 2.45) is 0 Å². The van der Waals surface area contributed by atoms with Gasteiger partial charge >= 0.3 is 0 Å². The normalized spacial score (nSPS) is 24.9. The summed E-state index contributed by atoms with van der Waals surface area (Å²) in [4.78, 5) is 17.8. The first kappa shape index (κ1) is 18.2. The van der Waals surface area contributed by atoms with Gasteiger partial charge in [-0.05, 0) is 39.0 Å². The van der Waals surface area contributed by atoms with E-state index in [2.05, 4.69) is 19.9 Å². The van der Waals surface area contributed by atoms with Crippen LogP contribution in [0.5, 0.6) is 0 Å². The molecule has 0 fully saturated rings. The third-order valence-electron chi connectivity index (χ3n) is 4.31. The number of carbonyl (C=O) groups excluding carboxylic acids is 1. The molecule has 0 aliphatic carbocycles. The highest BCUT2D eigenvalue weighted by Gasteiger charge is 2.23. The highest BCUT2D eigenvalue weighted by Crippen LogP contribution is 2.21. The Labute approximate surface area is 130 Å². The second-order valence-corrected chi connectivity index (χ2v) is 6.26. The van der Waals surface area contributed by atoms with Gasteiger partial charge in [-0.2, -0.15) is 0 Å². The van der Waals surface area contributed by atoms with Crippen molar-refractivity contribution in [3.8, 4) is 0 Å². The number of allylic oxidation sites excluding steroid dienone is 1. The van der Waals surface area contributed by atoms with Crippen LogP contribution in [0.3, 0.4) is 0 Å². The highest BCUT2D eigenvalue weighted by molar-refractivity contribution is 5.75. The predicted octanol–water partition coefficient (Wildman–Crippen LogP) is 5.02. The summed E-state index contributed by atoms with van der Waals surface area (Å²) in [7, 11) is 1.63. The lowest BCUT2D eigenvalue weighted by Crippen LogP contribution is -2.39. The van der Waals surface area contributed by atoms with Gasteiger partial charge < -0.3 is 0 Å². The summed E-state index contributed by atoms with van der Waals surface area (Å²) in [5, 5.41) is 1.66. The van der Waals surface area contributed by atoms with Gasteiger partial charge in [0.1, 0.15) is 0 Å². The summed E-state index contributed by atoms with van der Waals surface area (Å²) in [5.41, 5.74) is 1.40. The SMILES string of the molecule is CCCCCC1C/C(C)=C\CCCCCCC(=O)N1OC. The summed E-state index contributed by atoms with van der Waals surface area (Å²) in [5.74, 6) is 0.160. The number of hydrogen-bond donors (Lipinski definition) is 0. The molecular formula is C18H33NO2. The van der Waals surface area contributed by atoms with Gasteiger partial charge in [-0.25, -0.2) is 5.06 Å². The average molecular weight is 295 g/mol. The van der Waals surface area contributed by atoms with Gasteiger partial charge in [-0.3, -0.25) is 9.63 Å². The standard InChI is InChI=1S/C18H33NO2/c1-4-5-9-13-17-15-16(2)12-10-7-6-8-11-14-18(20)19(17)21-3/h12,17H,4-11,13-15H2,1-3H3/b16-12-. The molecule has 1 rings (SSSR count). The van der Waals surface area contributed by atoms with Gasteiger partial charge in [-0.15, -0.1) is 0 Å². The quantitative estimate of drug-likeness (QED) is 0.526. The Morgan fingerprint density at radius 1 is 1.24 bits per heavy atom. The van der Waals surface area contributed by atoms with E-state index in [9.17, 15) is 4.79 Å². The first-order valence-corrected chi connectivity index (χ1v) is 8.70. The third kappa shape index (κ3) is 7.12. The zero-order valence-electron chi connectivity index (χ0n) is 14.2. The van der Waals surface area contributed by atoms with Gasteiger partial charge in [0, 0.05) is 6.42 Å². The van der Waals surface area contributed by atoms with E-state index in [1.165, 1.54) is 44.1 Å². The van der Waals surface area contributed by atoms with Gasteiger partial charge in [-0.1, -0.05) is 50.7 Å². The van der Waals surface area contributed by atoms with Crippen LogP contribution in [0.15, 0.2) is 11.6 Å². The minimum absolute atomic E-state index is 0.160. The number of amides is 1. The Bertz CT molecular complexity index is 325. The van der Waals surface area contributed by atoms with Crippen LogP contribution < -0.4 is 0 Å². The highest BCUT2D eigenvalue weighted by atomic mass is 16.7. The van der Waals surface area contributed by atoms with E-state index in [1.807, 2.05) is 0 Å². The Morgan fingerprint density at radius 2 is 2.00 bits per heavy atom. The molecular weight excluding hydrogens is 262 g/mol. The van der Waals surface area contributed by atoms with Crippen LogP contribution in [0.1, 0.15) is 84.5 Å². The monoisotopic (exact) mass is 295 g/mol. The molecule has 0 aromatic heterocycles. The zero-order valence-corrected chi connectivity index (χ0v) is 14.2. The average Bonchev–Trinajstić information content (AvgIpc) is 2.45. The van der Waals surface area contributed by atoms with E-state index in [4.69, 9.17) is 4.84 Å². The third-order valence-corrected chi connectivity index (χ3v) is 4.31. The summed E-state index contributed by atoms with van der Waals surface area (Å²) in [6, 6.07) is 0.199. The van der Waals surface area contributed by atoms with Crippen molar-refractivity contribution in [2.45, 2.75) is 90.5 Å². The number of unbranched alkanes of at least 4 members (excludes halogenated alkanes) is 2. The summed E-state index contributed by atoms with van der Waals surface area (Å²) >= 11 is 0. The van der Waals surface area contributed by atoms with Gasteiger partial charge in [0.15, 0.2) is 0 Å². The van der Waals surface area contributed by atoms with Crippen LogP contribution in [0.4, 0.5) is 0 Å². The maximum atomic E-state index is 12.4. The smallest absolute Gasteiger partial charge is 0.246 e. The molecule has 3 heteroatoms. The molecule has 0 aromatic rings. The molecule has 0 N–H and O–H groups in total. The fraction of sp³-hybridized carbons (Fsp3) is 0.833. The van der Waals surface area contributed by atoms with E-state index in [1.54, 1.807) is 12.2 Å². The number of rotatable bonds is 5. The first-order chi connectivity index (χ1) is 10.2. The van der Waals surface area contributed by atoms with Crippen molar-refractivity contribution in [3.05, 3.63) is 11.6 Å². The van der Waals surface area contributed by atoms with Crippen molar-refractivity contribution < 1.29 is 9.63 Å². The molecule has 1 atom stereocenters. The second-order valence-electron chi connectivity index (χ2n) is 6.26. The van der Waals surface area contributed by atoms with E-state index in [-0.39, 0.29) is 11.9 Å². The number of hydrogen-bond acceptors (Lipinski definition) is 2. The molecule has 1 heterocycles. The fourth-order valence-corrected chi connectivity index (χ4v) is 3.07. The van der Waals surface area contributed by atoms with Crippen LogP contribution in [-0.2, 0) is 9.63 Å². The molecule has 122 valence electrons. The van der Waals surface area contributed by atoms with E-state index in [0.29, 0.717) is 6.42 Å². The first-order valence-electron chi connectivity index (χ1n) is 8.70. The van der Waals surface area contributed by atoms with Crippen molar-refractivity contribution in [2.75, 3.05) is 7.11 Å². The molecule has 1 unspecified atom stereocenters. The zero-order chi connectivity index (χ0) is 15.5. The molecule has 0 radical (unpaired) electrons. The molecule has 1 aliphatic heterocycles. The topological polar surface area (TPSA) is 29.5 Å². The van der Waals surface area contributed by atoms with E-state index < -0.39 is 0 Å². The van der Waals surface area contributed by atoms with Crippen LogP contribution in [-0.4, -0.2) is 24.1 Å². The Morgan fingerprint density at radius 3 is 2.71 bits per heavy atom. The predicted molar refractivity (Wildman–Crippen MR) is 87.9 cm³/mol. The summed E-state index contributed by atoms with van der Waals surface area (Å²) in [6.07, 6.45) is 14.4. The lowest BCUT2D eigenvalue weighted by molar-refractivity contribution is -0.189. The maximum absolute atomic E-state index is 12.4. The van der Waals surface area contributed by atoms with Crippen molar-refractivity contribution >= 4 is 5.91 Å². The Kier molecular flexibility index (Phi) is 9.40. The molecule has 21 heavy (non-hydrogen) atoms. The largest absolute Gasteiger partial charge is 0.274 e. The lowest BCUT2D eigenvalue weighted by Gasteiger charge is -2.30. The minimum atomic E-state index is 0.160. The minimum Gasteiger partial charge on any atom is -0.274 e. The van der Waals surface area contributed by atoms with Gasteiger partial charge in [0.25, 0.3) is 0 Å². The van der Waals surface area contributed by atoms with Gasteiger partial charge in [0.2, 0.25) is 5.91 Å². The molecule has 0 saturated carbocycles. The van der Waals surface area contributed by atoms with Crippen LogP contribution >= 0.6 is 0 Å². The molecule has 0 aromatic carbocycles. The van der Waals surface area contributed by atoms with Crippen LogP contribution in [0.2, 0.25) is 0 Å². The van der Waals surface area contributed by atoms with Crippen LogP contribution in [0, 0.1) is 0 Å². The maximum Gasteiger partial charge on any atom is 0.246 e.